The molecule has 1 amide bonds. The molecule has 1 heterocycles. The summed E-state index contributed by atoms with van der Waals surface area (Å²) in [5, 5.41) is 0. The number of likely N-dealkylation sites (N-methyl/N-ethyl adjacent to an activating group) is 1. The van der Waals surface area contributed by atoms with Gasteiger partial charge < -0.3 is 4.90 Å². The van der Waals surface area contributed by atoms with Gasteiger partial charge in [0, 0.05) is 26.2 Å². The van der Waals surface area contributed by atoms with Gasteiger partial charge in [-0.25, -0.2) is 8.78 Å². The van der Waals surface area contributed by atoms with E-state index in [-0.39, 0.29) is 11.9 Å². The molecule has 0 aromatic heterocycles. The van der Waals surface area contributed by atoms with Gasteiger partial charge in [0.05, 0.1) is 6.04 Å². The predicted octanol–water partition coefficient (Wildman–Crippen LogP) is 4.05. The van der Waals surface area contributed by atoms with E-state index in [2.05, 4.69) is 30.0 Å². The van der Waals surface area contributed by atoms with E-state index in [0.717, 1.165) is 18.0 Å². The van der Waals surface area contributed by atoms with E-state index < -0.39 is 5.82 Å². The van der Waals surface area contributed by atoms with Crippen molar-refractivity contribution in [3.63, 3.8) is 0 Å². The molecule has 0 spiro atoms. The highest BCUT2D eigenvalue weighted by Crippen LogP contribution is 2.34. The number of amides is 1. The van der Waals surface area contributed by atoms with E-state index in [4.69, 9.17) is 0 Å². The molecule has 2 aromatic rings. The Bertz CT molecular complexity index is 802. The van der Waals surface area contributed by atoms with Crippen molar-refractivity contribution < 1.29 is 13.6 Å². The molecule has 3 nitrogen and oxygen atoms in total. The maximum absolute atomic E-state index is 13.9. The summed E-state index contributed by atoms with van der Waals surface area (Å²) in [6.07, 6.45) is 2.77. The zero-order valence-electron chi connectivity index (χ0n) is 15.5. The minimum absolute atomic E-state index is 0.0996. The molecule has 0 fully saturated rings. The molecule has 0 saturated heterocycles. The third kappa shape index (κ3) is 4.99. The summed E-state index contributed by atoms with van der Waals surface area (Å²) in [5.74, 6) is -0.782. The monoisotopic (exact) mass is 358 g/mol. The van der Waals surface area contributed by atoms with Crippen LogP contribution >= 0.6 is 0 Å². The van der Waals surface area contributed by atoms with Crippen LogP contribution in [0, 0.1) is 18.6 Å². The van der Waals surface area contributed by atoms with Gasteiger partial charge in [-0.1, -0.05) is 35.9 Å². The number of benzene rings is 2. The topological polar surface area (TPSA) is 23.6 Å². The first-order chi connectivity index (χ1) is 12.3. The number of aryl methyl sites for hydroxylation is 1. The first-order valence-corrected chi connectivity index (χ1v) is 8.36. The molecule has 5 heteroatoms. The lowest BCUT2D eigenvalue weighted by Gasteiger charge is -2.19. The van der Waals surface area contributed by atoms with E-state index in [1.165, 1.54) is 28.2 Å². The summed E-state index contributed by atoms with van der Waals surface area (Å²) in [4.78, 5) is 13.0. The second kappa shape index (κ2) is 8.72. The van der Waals surface area contributed by atoms with Crippen LogP contribution in [0.5, 0.6) is 0 Å². The summed E-state index contributed by atoms with van der Waals surface area (Å²) < 4.78 is 27.3. The van der Waals surface area contributed by atoms with Crippen LogP contribution < -0.4 is 0 Å². The highest BCUT2D eigenvalue weighted by molar-refractivity contribution is 5.70. The summed E-state index contributed by atoms with van der Waals surface area (Å²) >= 11 is 0. The van der Waals surface area contributed by atoms with Crippen molar-refractivity contribution in [3.8, 4) is 0 Å². The Hall–Kier alpha value is -2.53. The molecule has 138 valence electrons. The van der Waals surface area contributed by atoms with Crippen LogP contribution in [0.4, 0.5) is 8.78 Å². The van der Waals surface area contributed by atoms with E-state index >= 15 is 0 Å². The second-order valence-electron chi connectivity index (χ2n) is 6.66. The predicted molar refractivity (Wildman–Crippen MR) is 101 cm³/mol. The molecule has 0 radical (unpaired) electrons. The largest absolute Gasteiger partial charge is 0.351 e. The fourth-order valence-corrected chi connectivity index (χ4v) is 2.86. The molecule has 26 heavy (non-hydrogen) atoms. The fraction of sp³-hybridized carbons (Fsp3) is 0.286. The highest BCUT2D eigenvalue weighted by atomic mass is 19.1. The molecule has 0 aliphatic carbocycles. The van der Waals surface area contributed by atoms with Crippen molar-refractivity contribution in [3.05, 3.63) is 76.9 Å². The van der Waals surface area contributed by atoms with Gasteiger partial charge in [0.15, 0.2) is 0 Å². The average molecular weight is 358 g/mol. The first-order valence-electron chi connectivity index (χ1n) is 8.36. The number of hydrogen-bond donors (Lipinski definition) is 0. The molecule has 3 rings (SSSR count). The molecule has 2 aromatic carbocycles. The van der Waals surface area contributed by atoms with Crippen LogP contribution in [0.1, 0.15) is 22.7 Å². The van der Waals surface area contributed by atoms with Crippen LogP contribution in [0.2, 0.25) is 0 Å². The van der Waals surface area contributed by atoms with Gasteiger partial charge >= 0.3 is 0 Å². The smallest absolute Gasteiger partial charge is 0.209 e. The van der Waals surface area contributed by atoms with Crippen LogP contribution in [-0.4, -0.2) is 43.9 Å². The van der Waals surface area contributed by atoms with Crippen molar-refractivity contribution in [2.75, 3.05) is 27.7 Å². The van der Waals surface area contributed by atoms with Crippen molar-refractivity contribution in [1.29, 1.82) is 0 Å². The third-order valence-electron chi connectivity index (χ3n) is 4.12. The fourth-order valence-electron chi connectivity index (χ4n) is 2.86. The summed E-state index contributed by atoms with van der Waals surface area (Å²) in [7, 11) is 5.37. The minimum atomic E-state index is -0.408. The first kappa shape index (κ1) is 19.8. The summed E-state index contributed by atoms with van der Waals surface area (Å²) in [6, 6.07) is 12.0. The van der Waals surface area contributed by atoms with Crippen LogP contribution in [0.15, 0.2) is 48.5 Å². The molecule has 1 aliphatic heterocycles. The second-order valence-corrected chi connectivity index (χ2v) is 6.66. The molecular formula is C21H24F2N2O. The molecule has 0 N–H and O–H groups in total. The summed E-state index contributed by atoms with van der Waals surface area (Å²) in [5.41, 5.74) is 3.56. The van der Waals surface area contributed by atoms with Gasteiger partial charge in [0.1, 0.15) is 11.6 Å². The van der Waals surface area contributed by atoms with Crippen LogP contribution in [0.25, 0.3) is 5.57 Å². The van der Waals surface area contributed by atoms with E-state index in [0.29, 0.717) is 12.1 Å². The van der Waals surface area contributed by atoms with Gasteiger partial charge in [-0.3, -0.25) is 9.69 Å². The Kier molecular flexibility index (Phi) is 6.64. The van der Waals surface area contributed by atoms with Gasteiger partial charge in [-0.05, 0) is 43.3 Å². The number of carbonyl (C=O) groups excluding carboxylic acids is 1. The zero-order valence-corrected chi connectivity index (χ0v) is 15.5. The number of nitrogens with zero attached hydrogens (tertiary/aromatic N) is 2. The van der Waals surface area contributed by atoms with Gasteiger partial charge in [-0.2, -0.15) is 0 Å². The Morgan fingerprint density at radius 1 is 1.15 bits per heavy atom. The van der Waals surface area contributed by atoms with Gasteiger partial charge in [-0.15, -0.1) is 0 Å². The molecular weight excluding hydrogens is 334 g/mol. The standard InChI is InChI=1S/C18H17F2N.C3H7NO/c1-12-4-3-5-13(8-12)18-9-14(11-21(18)2)16-10-15(19)6-7-17(16)20;1-4(2)3-5/h3-10,18H,11H2,1-2H3;3H,1-2H3. The summed E-state index contributed by atoms with van der Waals surface area (Å²) in [6.45, 7) is 2.66. The van der Waals surface area contributed by atoms with Crippen molar-refractivity contribution in [2.24, 2.45) is 0 Å². The molecule has 1 unspecified atom stereocenters. The Balaban J connectivity index is 0.000000431. The lowest BCUT2D eigenvalue weighted by Crippen LogP contribution is -2.19. The van der Waals surface area contributed by atoms with Gasteiger partial charge in [0.25, 0.3) is 0 Å². The lowest BCUT2D eigenvalue weighted by molar-refractivity contribution is -0.115. The normalized spacial score (nSPS) is 16.5. The third-order valence-corrected chi connectivity index (χ3v) is 4.12. The number of halogens is 2. The van der Waals surface area contributed by atoms with Crippen molar-refractivity contribution in [2.45, 2.75) is 13.0 Å². The maximum Gasteiger partial charge on any atom is 0.209 e. The molecule has 0 saturated carbocycles. The van der Waals surface area contributed by atoms with Crippen molar-refractivity contribution >= 4 is 12.0 Å². The van der Waals surface area contributed by atoms with E-state index in [1.54, 1.807) is 14.1 Å². The zero-order chi connectivity index (χ0) is 19.3. The SMILES string of the molecule is CN(C)C=O.Cc1cccc(C2C=C(c3cc(F)ccc3F)CN2C)c1. The highest BCUT2D eigenvalue weighted by Gasteiger charge is 2.25. The molecule has 0 bridgehead atoms. The van der Waals surface area contributed by atoms with Gasteiger partial charge in [0.2, 0.25) is 6.41 Å². The van der Waals surface area contributed by atoms with Crippen LogP contribution in [0.3, 0.4) is 0 Å². The number of rotatable bonds is 3. The minimum Gasteiger partial charge on any atom is -0.351 e. The number of hydrogen-bond acceptors (Lipinski definition) is 2. The van der Waals surface area contributed by atoms with E-state index in [1.807, 2.05) is 19.2 Å². The Morgan fingerprint density at radius 2 is 1.85 bits per heavy atom. The molecule has 1 atom stereocenters. The van der Waals surface area contributed by atoms with Crippen LogP contribution in [-0.2, 0) is 4.79 Å². The Labute approximate surface area is 153 Å². The lowest BCUT2D eigenvalue weighted by atomic mass is 10.0. The number of carbonyl (C=O) groups is 1. The quantitative estimate of drug-likeness (QED) is 0.773. The van der Waals surface area contributed by atoms with E-state index in [9.17, 15) is 13.6 Å². The average Bonchev–Trinajstić information content (AvgIpc) is 2.99. The molecule has 1 aliphatic rings. The van der Waals surface area contributed by atoms with Crippen molar-refractivity contribution in [1.82, 2.24) is 9.80 Å². The Morgan fingerprint density at radius 3 is 2.46 bits per heavy atom. The maximum atomic E-state index is 13.9.